The number of hydrogen-bond acceptors (Lipinski definition) is 0. The maximum Gasteiger partial charge on any atom is 0.0181 e. The molecule has 90 valence electrons. The fraction of sp³-hybridized carbons (Fsp3) is 0.294. The van der Waals surface area contributed by atoms with Crippen molar-refractivity contribution in [3.63, 3.8) is 0 Å². The highest BCUT2D eigenvalue weighted by molar-refractivity contribution is 9.10. The highest BCUT2D eigenvalue weighted by atomic mass is 79.9. The molecule has 0 aliphatic heterocycles. The van der Waals surface area contributed by atoms with Gasteiger partial charge < -0.3 is 0 Å². The zero-order chi connectivity index (χ0) is 12.3. The van der Waals surface area contributed by atoms with Crippen LogP contribution in [0, 0.1) is 6.92 Å². The van der Waals surface area contributed by atoms with Crippen molar-refractivity contribution in [1.82, 2.24) is 0 Å². The van der Waals surface area contributed by atoms with Crippen LogP contribution < -0.4 is 0 Å². The summed E-state index contributed by atoms with van der Waals surface area (Å²) in [4.78, 5) is 0. The van der Waals surface area contributed by atoms with Crippen LogP contribution in [0.3, 0.4) is 0 Å². The average molecular weight is 299 g/mol. The Kier molecular flexibility index (Phi) is 2.23. The average Bonchev–Trinajstić information content (AvgIpc) is 2.34. The molecule has 0 saturated carbocycles. The van der Waals surface area contributed by atoms with Gasteiger partial charge in [-0.1, -0.05) is 33.6 Å². The summed E-state index contributed by atoms with van der Waals surface area (Å²) in [5.41, 5.74) is 10.8. The van der Waals surface area contributed by atoms with Crippen molar-refractivity contribution >= 4 is 15.9 Å². The minimum absolute atomic E-state index is 1.19. The van der Waals surface area contributed by atoms with Gasteiger partial charge in [0.1, 0.15) is 0 Å². The molecule has 2 aromatic carbocycles. The minimum atomic E-state index is 1.19. The third kappa shape index (κ3) is 1.43. The van der Waals surface area contributed by atoms with E-state index in [0.717, 1.165) is 0 Å². The van der Waals surface area contributed by atoms with Crippen LogP contribution in [0.4, 0.5) is 0 Å². The number of halogens is 1. The Labute approximate surface area is 116 Å². The standard InChI is InChI=1S/C17H15Br/c1-10-6-11-2-4-13-8-15(18)9-14-5-3-12(7-10)16(11)17(13)14/h6-9H,2-5H2,1H3. The van der Waals surface area contributed by atoms with Gasteiger partial charge in [0.2, 0.25) is 0 Å². The molecule has 4 rings (SSSR count). The normalized spacial score (nSPS) is 15.4. The molecular weight excluding hydrogens is 284 g/mol. The topological polar surface area (TPSA) is 0 Å². The zero-order valence-corrected chi connectivity index (χ0v) is 12.1. The van der Waals surface area contributed by atoms with Crippen molar-refractivity contribution in [2.24, 2.45) is 0 Å². The van der Waals surface area contributed by atoms with Crippen LogP contribution in [0.1, 0.15) is 27.8 Å². The van der Waals surface area contributed by atoms with Crippen molar-refractivity contribution in [3.8, 4) is 11.1 Å². The second-order valence-corrected chi connectivity index (χ2v) is 6.47. The molecule has 0 spiro atoms. The van der Waals surface area contributed by atoms with Gasteiger partial charge in [-0.05, 0) is 78.1 Å². The fourth-order valence-electron chi connectivity index (χ4n) is 3.64. The molecule has 0 bridgehead atoms. The molecule has 0 saturated heterocycles. The van der Waals surface area contributed by atoms with Gasteiger partial charge in [-0.25, -0.2) is 0 Å². The van der Waals surface area contributed by atoms with Crippen LogP contribution in [0.5, 0.6) is 0 Å². The van der Waals surface area contributed by atoms with E-state index >= 15 is 0 Å². The van der Waals surface area contributed by atoms with Crippen LogP contribution in [0.25, 0.3) is 11.1 Å². The van der Waals surface area contributed by atoms with Gasteiger partial charge in [0.05, 0.1) is 0 Å². The number of aryl methyl sites for hydroxylation is 5. The summed E-state index contributed by atoms with van der Waals surface area (Å²) < 4.78 is 1.25. The summed E-state index contributed by atoms with van der Waals surface area (Å²) in [6, 6.07) is 9.41. The van der Waals surface area contributed by atoms with E-state index in [1.165, 1.54) is 46.8 Å². The van der Waals surface area contributed by atoms with Crippen molar-refractivity contribution in [1.29, 1.82) is 0 Å². The van der Waals surface area contributed by atoms with Crippen LogP contribution in [-0.2, 0) is 25.7 Å². The highest BCUT2D eigenvalue weighted by Crippen LogP contribution is 2.43. The summed E-state index contributed by atoms with van der Waals surface area (Å²) in [7, 11) is 0. The minimum Gasteiger partial charge on any atom is -0.0555 e. The SMILES string of the molecule is Cc1cc2c3c(c1)CCc1cc(Br)cc(c1-3)CC2. The van der Waals surface area contributed by atoms with E-state index in [0.29, 0.717) is 0 Å². The Morgan fingerprint density at radius 2 is 1.11 bits per heavy atom. The molecule has 0 amide bonds. The first-order chi connectivity index (χ1) is 8.72. The summed E-state index contributed by atoms with van der Waals surface area (Å²) in [5, 5.41) is 0. The van der Waals surface area contributed by atoms with E-state index in [2.05, 4.69) is 47.1 Å². The van der Waals surface area contributed by atoms with Gasteiger partial charge in [0.25, 0.3) is 0 Å². The monoisotopic (exact) mass is 298 g/mol. The molecule has 0 unspecified atom stereocenters. The molecule has 18 heavy (non-hydrogen) atoms. The lowest BCUT2D eigenvalue weighted by atomic mass is 9.75. The molecule has 0 atom stereocenters. The lowest BCUT2D eigenvalue weighted by Gasteiger charge is -2.30. The molecule has 1 heteroatoms. The molecule has 2 aliphatic carbocycles. The van der Waals surface area contributed by atoms with E-state index in [-0.39, 0.29) is 0 Å². The van der Waals surface area contributed by atoms with E-state index < -0.39 is 0 Å². The molecular formula is C17H15Br. The first kappa shape index (κ1) is 10.8. The third-order valence-electron chi connectivity index (χ3n) is 4.29. The molecule has 0 fully saturated rings. The van der Waals surface area contributed by atoms with Gasteiger partial charge in [-0.15, -0.1) is 0 Å². The first-order valence-corrected chi connectivity index (χ1v) is 7.46. The van der Waals surface area contributed by atoms with Crippen molar-refractivity contribution in [2.45, 2.75) is 32.6 Å². The fourth-order valence-corrected chi connectivity index (χ4v) is 4.19. The van der Waals surface area contributed by atoms with E-state index in [9.17, 15) is 0 Å². The Balaban J connectivity index is 2.10. The van der Waals surface area contributed by atoms with Crippen LogP contribution in [-0.4, -0.2) is 0 Å². The number of rotatable bonds is 0. The van der Waals surface area contributed by atoms with E-state index in [1.807, 2.05) is 0 Å². The molecule has 0 radical (unpaired) electrons. The van der Waals surface area contributed by atoms with Gasteiger partial charge in [0.15, 0.2) is 0 Å². The van der Waals surface area contributed by atoms with Crippen molar-refractivity contribution < 1.29 is 0 Å². The summed E-state index contributed by atoms with van der Waals surface area (Å²) in [6.45, 7) is 2.23. The van der Waals surface area contributed by atoms with Crippen LogP contribution in [0.15, 0.2) is 28.7 Å². The maximum atomic E-state index is 3.65. The molecule has 0 nitrogen and oxygen atoms in total. The lowest BCUT2D eigenvalue weighted by Crippen LogP contribution is -2.14. The lowest BCUT2D eigenvalue weighted by molar-refractivity contribution is 0.872. The highest BCUT2D eigenvalue weighted by Gasteiger charge is 2.25. The molecule has 2 aliphatic rings. The molecule has 0 N–H and O–H groups in total. The predicted molar refractivity (Wildman–Crippen MR) is 79.1 cm³/mol. The maximum absolute atomic E-state index is 3.65. The molecule has 0 heterocycles. The molecule has 2 aromatic rings. The summed E-state index contributed by atoms with van der Waals surface area (Å²) in [6.07, 6.45) is 4.79. The zero-order valence-electron chi connectivity index (χ0n) is 10.5. The Hall–Kier alpha value is -1.08. The van der Waals surface area contributed by atoms with Gasteiger partial charge in [-0.2, -0.15) is 0 Å². The Morgan fingerprint density at radius 3 is 1.56 bits per heavy atom. The van der Waals surface area contributed by atoms with E-state index in [4.69, 9.17) is 0 Å². The van der Waals surface area contributed by atoms with Crippen LogP contribution in [0.2, 0.25) is 0 Å². The second-order valence-electron chi connectivity index (χ2n) is 5.56. The van der Waals surface area contributed by atoms with Crippen molar-refractivity contribution in [2.75, 3.05) is 0 Å². The molecule has 0 aromatic heterocycles. The summed E-state index contributed by atoms with van der Waals surface area (Å²) >= 11 is 3.65. The predicted octanol–water partition coefficient (Wildman–Crippen LogP) is 4.62. The van der Waals surface area contributed by atoms with E-state index in [1.54, 1.807) is 22.3 Å². The first-order valence-electron chi connectivity index (χ1n) is 6.66. The van der Waals surface area contributed by atoms with Crippen molar-refractivity contribution in [3.05, 3.63) is 56.6 Å². The number of hydrogen-bond donors (Lipinski definition) is 0. The van der Waals surface area contributed by atoms with Crippen LogP contribution >= 0.6 is 15.9 Å². The van der Waals surface area contributed by atoms with Gasteiger partial charge >= 0.3 is 0 Å². The van der Waals surface area contributed by atoms with Gasteiger partial charge in [-0.3, -0.25) is 0 Å². The smallest absolute Gasteiger partial charge is 0.0181 e. The summed E-state index contributed by atoms with van der Waals surface area (Å²) in [5.74, 6) is 0. The Morgan fingerprint density at radius 1 is 0.722 bits per heavy atom. The quantitative estimate of drug-likeness (QED) is 0.666. The van der Waals surface area contributed by atoms with Gasteiger partial charge in [0, 0.05) is 4.47 Å². The Bertz CT molecular complexity index is 558. The number of benzene rings is 2. The second kappa shape index (κ2) is 3.71. The third-order valence-corrected chi connectivity index (χ3v) is 4.75. The largest absolute Gasteiger partial charge is 0.0555 e.